The van der Waals surface area contributed by atoms with Gasteiger partial charge in [-0.3, -0.25) is 4.79 Å². The molecule has 0 amide bonds. The van der Waals surface area contributed by atoms with Crippen LogP contribution in [0.3, 0.4) is 0 Å². The Bertz CT molecular complexity index is 618. The molecular formula is C13H14N2O4. The van der Waals surface area contributed by atoms with Gasteiger partial charge in [0.15, 0.2) is 0 Å². The van der Waals surface area contributed by atoms with Crippen molar-refractivity contribution in [3.8, 4) is 0 Å². The number of rotatable bonds is 5. The van der Waals surface area contributed by atoms with Gasteiger partial charge in [-0.1, -0.05) is 0 Å². The summed E-state index contributed by atoms with van der Waals surface area (Å²) in [5, 5.41) is 8.96. The summed E-state index contributed by atoms with van der Waals surface area (Å²) >= 11 is 0. The Labute approximate surface area is 109 Å². The molecule has 0 aliphatic heterocycles. The minimum atomic E-state index is -0.986. The minimum absolute atomic E-state index is 0.199. The molecule has 0 unspecified atom stereocenters. The zero-order chi connectivity index (χ0) is 13.8. The number of nitrogens with zero attached hydrogens (tertiary/aromatic N) is 2. The minimum Gasteiger partial charge on any atom is -0.478 e. The molecule has 0 aliphatic rings. The van der Waals surface area contributed by atoms with E-state index in [0.717, 1.165) is 0 Å². The second kappa shape index (κ2) is 5.51. The summed E-state index contributed by atoms with van der Waals surface area (Å²) in [6, 6.07) is 4.71. The van der Waals surface area contributed by atoms with Crippen LogP contribution in [-0.2, 0) is 16.1 Å². The number of ether oxygens (including phenoxy) is 1. The van der Waals surface area contributed by atoms with Crippen molar-refractivity contribution in [2.75, 3.05) is 6.61 Å². The van der Waals surface area contributed by atoms with Crippen LogP contribution in [-0.4, -0.2) is 33.2 Å². The van der Waals surface area contributed by atoms with Crippen LogP contribution in [0.15, 0.2) is 24.5 Å². The van der Waals surface area contributed by atoms with Crippen LogP contribution in [0.4, 0.5) is 0 Å². The summed E-state index contributed by atoms with van der Waals surface area (Å²) in [6.07, 6.45) is 1.83. The van der Waals surface area contributed by atoms with Gasteiger partial charge >= 0.3 is 11.9 Å². The fourth-order valence-corrected chi connectivity index (χ4v) is 1.81. The molecular weight excluding hydrogens is 248 g/mol. The zero-order valence-electron chi connectivity index (χ0n) is 10.5. The summed E-state index contributed by atoms with van der Waals surface area (Å²) in [6.45, 7) is 2.52. The van der Waals surface area contributed by atoms with Crippen molar-refractivity contribution in [3.63, 3.8) is 0 Å². The van der Waals surface area contributed by atoms with Gasteiger partial charge in [0.05, 0.1) is 36.0 Å². The fourth-order valence-electron chi connectivity index (χ4n) is 1.81. The second-order valence-corrected chi connectivity index (χ2v) is 4.00. The van der Waals surface area contributed by atoms with Crippen LogP contribution in [0.5, 0.6) is 0 Å². The first-order chi connectivity index (χ1) is 9.11. The predicted octanol–water partition coefficient (Wildman–Crippen LogP) is 1.69. The average molecular weight is 262 g/mol. The van der Waals surface area contributed by atoms with Crippen molar-refractivity contribution in [2.45, 2.75) is 19.9 Å². The van der Waals surface area contributed by atoms with Gasteiger partial charge < -0.3 is 14.4 Å². The topological polar surface area (TPSA) is 81.4 Å². The molecule has 1 aromatic heterocycles. The van der Waals surface area contributed by atoms with Crippen molar-refractivity contribution < 1.29 is 19.4 Å². The molecule has 0 radical (unpaired) electrons. The number of fused-ring (bicyclic) bond motifs is 1. The van der Waals surface area contributed by atoms with Gasteiger partial charge in [-0.15, -0.1) is 0 Å². The maximum Gasteiger partial charge on any atom is 0.335 e. The van der Waals surface area contributed by atoms with Crippen LogP contribution in [0.25, 0.3) is 11.0 Å². The summed E-state index contributed by atoms with van der Waals surface area (Å²) in [7, 11) is 0. The number of aromatic carboxylic acids is 1. The molecule has 19 heavy (non-hydrogen) atoms. The van der Waals surface area contributed by atoms with E-state index in [0.29, 0.717) is 24.2 Å². The summed E-state index contributed by atoms with van der Waals surface area (Å²) in [5.41, 5.74) is 1.60. The number of esters is 1. The average Bonchev–Trinajstić information content (AvgIpc) is 2.79. The quantitative estimate of drug-likeness (QED) is 0.829. The molecule has 6 nitrogen and oxygen atoms in total. The third-order valence-corrected chi connectivity index (χ3v) is 2.73. The number of imidazole rings is 1. The highest BCUT2D eigenvalue weighted by atomic mass is 16.5. The molecule has 100 valence electrons. The van der Waals surface area contributed by atoms with Crippen molar-refractivity contribution in [2.24, 2.45) is 0 Å². The number of benzene rings is 1. The molecule has 0 aliphatic carbocycles. The lowest BCUT2D eigenvalue weighted by Gasteiger charge is -2.04. The summed E-state index contributed by atoms with van der Waals surface area (Å²) < 4.78 is 6.60. The van der Waals surface area contributed by atoms with Gasteiger partial charge in [0, 0.05) is 6.54 Å². The van der Waals surface area contributed by atoms with E-state index in [1.54, 1.807) is 30.0 Å². The SMILES string of the molecule is CCOC(=O)CCn1cnc2ccc(C(=O)O)cc21. The first-order valence-corrected chi connectivity index (χ1v) is 5.95. The monoisotopic (exact) mass is 262 g/mol. The van der Waals surface area contributed by atoms with Gasteiger partial charge in [-0.05, 0) is 25.1 Å². The lowest BCUT2D eigenvalue weighted by molar-refractivity contribution is -0.143. The van der Waals surface area contributed by atoms with Gasteiger partial charge in [-0.2, -0.15) is 0 Å². The number of carboxylic acid groups (broad SMARTS) is 1. The maximum atomic E-state index is 11.3. The van der Waals surface area contributed by atoms with E-state index in [4.69, 9.17) is 9.84 Å². The standard InChI is InChI=1S/C13H14N2O4/c1-2-19-12(16)5-6-15-8-14-10-4-3-9(13(17)18)7-11(10)15/h3-4,7-8H,2,5-6H2,1H3,(H,17,18). The molecule has 0 spiro atoms. The molecule has 0 bridgehead atoms. The third kappa shape index (κ3) is 2.90. The molecule has 1 heterocycles. The Balaban J connectivity index is 2.21. The summed E-state index contributed by atoms with van der Waals surface area (Å²) in [5.74, 6) is -1.27. The van der Waals surface area contributed by atoms with E-state index in [-0.39, 0.29) is 18.0 Å². The van der Waals surface area contributed by atoms with Gasteiger partial charge in [0.2, 0.25) is 0 Å². The van der Waals surface area contributed by atoms with E-state index in [2.05, 4.69) is 4.98 Å². The van der Waals surface area contributed by atoms with E-state index < -0.39 is 5.97 Å². The van der Waals surface area contributed by atoms with E-state index in [1.807, 2.05) is 0 Å². The molecule has 0 saturated carbocycles. The lowest BCUT2D eigenvalue weighted by atomic mass is 10.2. The van der Waals surface area contributed by atoms with Crippen molar-refractivity contribution in [1.29, 1.82) is 0 Å². The van der Waals surface area contributed by atoms with Gasteiger partial charge in [0.1, 0.15) is 0 Å². The van der Waals surface area contributed by atoms with Crippen LogP contribution >= 0.6 is 0 Å². The number of aromatic nitrogens is 2. The van der Waals surface area contributed by atoms with Crippen LogP contribution in [0.2, 0.25) is 0 Å². The number of hydrogen-bond acceptors (Lipinski definition) is 4. The van der Waals surface area contributed by atoms with Crippen molar-refractivity contribution in [3.05, 3.63) is 30.1 Å². The highest BCUT2D eigenvalue weighted by molar-refractivity contribution is 5.92. The van der Waals surface area contributed by atoms with Crippen LogP contribution in [0.1, 0.15) is 23.7 Å². The molecule has 0 fully saturated rings. The molecule has 1 N–H and O–H groups in total. The smallest absolute Gasteiger partial charge is 0.335 e. The van der Waals surface area contributed by atoms with Crippen molar-refractivity contribution in [1.82, 2.24) is 9.55 Å². The number of carboxylic acids is 1. The second-order valence-electron chi connectivity index (χ2n) is 4.00. The number of carbonyl (C=O) groups excluding carboxylic acids is 1. The first-order valence-electron chi connectivity index (χ1n) is 5.95. The van der Waals surface area contributed by atoms with E-state index in [9.17, 15) is 9.59 Å². The molecule has 6 heteroatoms. The fraction of sp³-hybridized carbons (Fsp3) is 0.308. The predicted molar refractivity (Wildman–Crippen MR) is 67.9 cm³/mol. The third-order valence-electron chi connectivity index (χ3n) is 2.73. The van der Waals surface area contributed by atoms with Gasteiger partial charge in [0.25, 0.3) is 0 Å². The Kier molecular flexibility index (Phi) is 3.79. The molecule has 1 aromatic carbocycles. The highest BCUT2D eigenvalue weighted by Crippen LogP contribution is 2.15. The molecule has 0 atom stereocenters. The van der Waals surface area contributed by atoms with Crippen LogP contribution < -0.4 is 0 Å². The van der Waals surface area contributed by atoms with Crippen LogP contribution in [0, 0.1) is 0 Å². The first kappa shape index (κ1) is 13.1. The molecule has 2 rings (SSSR count). The summed E-state index contributed by atoms with van der Waals surface area (Å²) in [4.78, 5) is 26.4. The lowest BCUT2D eigenvalue weighted by Crippen LogP contribution is -2.08. The van der Waals surface area contributed by atoms with E-state index in [1.165, 1.54) is 6.07 Å². The number of hydrogen-bond donors (Lipinski definition) is 1. The Hall–Kier alpha value is -2.37. The van der Waals surface area contributed by atoms with Crippen molar-refractivity contribution >= 4 is 23.0 Å². The number of carbonyl (C=O) groups is 2. The Morgan fingerprint density at radius 2 is 2.21 bits per heavy atom. The van der Waals surface area contributed by atoms with E-state index >= 15 is 0 Å². The Morgan fingerprint density at radius 3 is 2.89 bits per heavy atom. The van der Waals surface area contributed by atoms with Gasteiger partial charge in [-0.25, -0.2) is 9.78 Å². The highest BCUT2D eigenvalue weighted by Gasteiger charge is 2.09. The molecule has 0 saturated heterocycles. The maximum absolute atomic E-state index is 11.3. The number of aryl methyl sites for hydroxylation is 1. The Morgan fingerprint density at radius 1 is 1.42 bits per heavy atom. The zero-order valence-corrected chi connectivity index (χ0v) is 10.5. The normalized spacial score (nSPS) is 10.6. The molecule has 2 aromatic rings. The largest absolute Gasteiger partial charge is 0.478 e.